The molecule has 2 aromatic carbocycles. The van der Waals surface area contributed by atoms with Crippen LogP contribution in [0.2, 0.25) is 0 Å². The smallest absolute Gasteiger partial charge is 0.231 e. The van der Waals surface area contributed by atoms with Crippen molar-refractivity contribution in [1.82, 2.24) is 4.98 Å². The molecule has 4 nitrogen and oxygen atoms in total. The number of pyridine rings is 1. The van der Waals surface area contributed by atoms with Crippen LogP contribution in [0.15, 0.2) is 42.5 Å². The van der Waals surface area contributed by atoms with Gasteiger partial charge in [-0.3, -0.25) is 0 Å². The molecule has 0 fully saturated rings. The quantitative estimate of drug-likeness (QED) is 0.683. The van der Waals surface area contributed by atoms with Gasteiger partial charge in [0.25, 0.3) is 0 Å². The van der Waals surface area contributed by atoms with Crippen molar-refractivity contribution in [2.75, 3.05) is 6.79 Å². The topological polar surface area (TPSA) is 55.1 Å². The van der Waals surface area contributed by atoms with Gasteiger partial charge in [0.15, 0.2) is 11.5 Å². The molecule has 0 aliphatic carbocycles. The van der Waals surface area contributed by atoms with E-state index in [0.29, 0.717) is 5.56 Å². The Hall–Kier alpha value is -3.06. The molecule has 0 N–H and O–H groups in total. The Morgan fingerprint density at radius 1 is 1.05 bits per heavy atom. The second-order valence-corrected chi connectivity index (χ2v) is 5.24. The molecule has 0 amide bonds. The van der Waals surface area contributed by atoms with Crippen LogP contribution >= 0.6 is 0 Å². The minimum Gasteiger partial charge on any atom is -0.454 e. The van der Waals surface area contributed by atoms with Crippen LogP contribution in [-0.4, -0.2) is 11.8 Å². The van der Waals surface area contributed by atoms with Crippen molar-refractivity contribution < 1.29 is 9.47 Å². The van der Waals surface area contributed by atoms with Gasteiger partial charge in [0.2, 0.25) is 6.79 Å². The first-order valence-corrected chi connectivity index (χ1v) is 6.96. The number of aromatic nitrogens is 1. The highest BCUT2D eigenvalue weighted by Gasteiger charge is 2.16. The lowest BCUT2D eigenvalue weighted by Crippen LogP contribution is -1.92. The second-order valence-electron chi connectivity index (χ2n) is 5.24. The highest BCUT2D eigenvalue weighted by atomic mass is 16.7. The molecule has 0 bridgehead atoms. The van der Waals surface area contributed by atoms with Crippen LogP contribution < -0.4 is 9.47 Å². The zero-order chi connectivity index (χ0) is 15.1. The summed E-state index contributed by atoms with van der Waals surface area (Å²) in [6.45, 7) is 2.31. The molecule has 0 saturated heterocycles. The maximum absolute atomic E-state index is 8.88. The van der Waals surface area contributed by atoms with Crippen LogP contribution in [0.5, 0.6) is 11.5 Å². The molecule has 1 aromatic heterocycles. The molecule has 4 rings (SSSR count). The number of nitriles is 1. The molecule has 22 heavy (non-hydrogen) atoms. The van der Waals surface area contributed by atoms with Gasteiger partial charge in [0.05, 0.1) is 22.8 Å². The van der Waals surface area contributed by atoms with E-state index in [4.69, 9.17) is 19.7 Å². The molecule has 0 saturated carbocycles. The number of aryl methyl sites for hydroxylation is 1. The molecular weight excluding hydrogens is 276 g/mol. The highest BCUT2D eigenvalue weighted by molar-refractivity contribution is 5.88. The van der Waals surface area contributed by atoms with Crippen LogP contribution in [0, 0.1) is 18.3 Å². The number of fused-ring (bicyclic) bond motifs is 2. The van der Waals surface area contributed by atoms with Crippen LogP contribution in [0.4, 0.5) is 0 Å². The molecule has 1 aliphatic heterocycles. The number of rotatable bonds is 1. The third-order valence-corrected chi connectivity index (χ3v) is 3.82. The Kier molecular flexibility index (Phi) is 2.73. The molecular formula is C18H12N2O2. The molecule has 2 heterocycles. The zero-order valence-corrected chi connectivity index (χ0v) is 12.0. The lowest BCUT2D eigenvalue weighted by Gasteiger charge is -2.08. The van der Waals surface area contributed by atoms with Gasteiger partial charge in [-0.05, 0) is 36.8 Å². The fourth-order valence-corrected chi connectivity index (χ4v) is 2.65. The lowest BCUT2D eigenvalue weighted by molar-refractivity contribution is 0.174. The van der Waals surface area contributed by atoms with Gasteiger partial charge in [-0.1, -0.05) is 12.1 Å². The standard InChI is InChI=1S/C18H12N2O2/c1-11-6-15(13-4-2-12(9-19)3-5-13)20-16-8-18-17(7-14(11)16)21-10-22-18/h2-8H,10H2,1H3. The van der Waals surface area contributed by atoms with Crippen LogP contribution in [0.1, 0.15) is 11.1 Å². The first-order chi connectivity index (χ1) is 10.7. The number of ether oxygens (including phenoxy) is 2. The normalized spacial score (nSPS) is 12.4. The fraction of sp³-hybridized carbons (Fsp3) is 0.111. The van der Waals surface area contributed by atoms with E-state index >= 15 is 0 Å². The molecule has 106 valence electrons. The van der Waals surface area contributed by atoms with Crippen molar-refractivity contribution in [3.05, 3.63) is 53.6 Å². The number of benzene rings is 2. The summed E-state index contributed by atoms with van der Waals surface area (Å²) >= 11 is 0. The Bertz CT molecular complexity index is 924. The maximum Gasteiger partial charge on any atom is 0.231 e. The zero-order valence-electron chi connectivity index (χ0n) is 12.0. The van der Waals surface area contributed by atoms with Gasteiger partial charge in [0, 0.05) is 17.0 Å². The van der Waals surface area contributed by atoms with Crippen molar-refractivity contribution in [2.45, 2.75) is 6.92 Å². The Labute approximate surface area is 127 Å². The third kappa shape index (κ3) is 1.95. The van der Waals surface area contributed by atoms with E-state index < -0.39 is 0 Å². The van der Waals surface area contributed by atoms with E-state index in [1.54, 1.807) is 12.1 Å². The summed E-state index contributed by atoms with van der Waals surface area (Å²) in [7, 11) is 0. The minimum absolute atomic E-state index is 0.257. The van der Waals surface area contributed by atoms with E-state index in [-0.39, 0.29) is 6.79 Å². The predicted molar refractivity (Wildman–Crippen MR) is 82.8 cm³/mol. The van der Waals surface area contributed by atoms with Gasteiger partial charge in [-0.25, -0.2) is 4.98 Å². The van der Waals surface area contributed by atoms with Crippen LogP contribution in [0.3, 0.4) is 0 Å². The number of nitrogens with zero attached hydrogens (tertiary/aromatic N) is 2. The molecule has 0 radical (unpaired) electrons. The van der Waals surface area contributed by atoms with Crippen molar-refractivity contribution in [3.63, 3.8) is 0 Å². The average Bonchev–Trinajstić information content (AvgIpc) is 3.00. The molecule has 0 unspecified atom stereocenters. The predicted octanol–water partition coefficient (Wildman–Crippen LogP) is 3.81. The number of hydrogen-bond acceptors (Lipinski definition) is 4. The monoisotopic (exact) mass is 288 g/mol. The average molecular weight is 288 g/mol. The molecule has 1 aliphatic rings. The molecule has 3 aromatic rings. The molecule has 0 atom stereocenters. The Morgan fingerprint density at radius 2 is 1.77 bits per heavy atom. The second kappa shape index (κ2) is 4.74. The van der Waals surface area contributed by atoms with E-state index in [2.05, 4.69) is 13.0 Å². The van der Waals surface area contributed by atoms with E-state index in [1.165, 1.54) is 0 Å². The fourth-order valence-electron chi connectivity index (χ4n) is 2.65. The van der Waals surface area contributed by atoms with Crippen molar-refractivity contribution >= 4 is 10.9 Å². The van der Waals surface area contributed by atoms with Crippen molar-refractivity contribution in [1.29, 1.82) is 5.26 Å². The summed E-state index contributed by atoms with van der Waals surface area (Å²) < 4.78 is 10.8. The van der Waals surface area contributed by atoms with Crippen molar-refractivity contribution in [3.8, 4) is 28.8 Å². The van der Waals surface area contributed by atoms with E-state index in [0.717, 1.165) is 39.2 Å². The summed E-state index contributed by atoms with van der Waals surface area (Å²) in [6, 6.07) is 15.5. The summed E-state index contributed by atoms with van der Waals surface area (Å²) in [5.74, 6) is 1.50. The van der Waals surface area contributed by atoms with Crippen LogP contribution in [-0.2, 0) is 0 Å². The molecule has 4 heteroatoms. The van der Waals surface area contributed by atoms with Gasteiger partial charge >= 0.3 is 0 Å². The maximum atomic E-state index is 8.88. The number of hydrogen-bond donors (Lipinski definition) is 0. The van der Waals surface area contributed by atoms with Crippen LogP contribution in [0.25, 0.3) is 22.2 Å². The van der Waals surface area contributed by atoms with Crippen molar-refractivity contribution in [2.24, 2.45) is 0 Å². The third-order valence-electron chi connectivity index (χ3n) is 3.82. The van der Waals surface area contributed by atoms with E-state index in [9.17, 15) is 0 Å². The summed E-state index contributed by atoms with van der Waals surface area (Å²) in [5.41, 5.74) is 4.52. The Morgan fingerprint density at radius 3 is 2.50 bits per heavy atom. The highest BCUT2D eigenvalue weighted by Crippen LogP contribution is 2.37. The van der Waals surface area contributed by atoms with E-state index in [1.807, 2.05) is 30.3 Å². The summed E-state index contributed by atoms with van der Waals surface area (Å²) in [5, 5.41) is 9.94. The lowest BCUT2D eigenvalue weighted by atomic mass is 10.0. The van der Waals surface area contributed by atoms with Gasteiger partial charge in [0.1, 0.15) is 0 Å². The molecule has 0 spiro atoms. The first kappa shape index (κ1) is 12.7. The largest absolute Gasteiger partial charge is 0.454 e. The summed E-state index contributed by atoms with van der Waals surface area (Å²) in [6.07, 6.45) is 0. The van der Waals surface area contributed by atoms with Gasteiger partial charge in [-0.2, -0.15) is 5.26 Å². The van der Waals surface area contributed by atoms with Gasteiger partial charge < -0.3 is 9.47 Å². The minimum atomic E-state index is 0.257. The first-order valence-electron chi connectivity index (χ1n) is 6.96. The van der Waals surface area contributed by atoms with Gasteiger partial charge in [-0.15, -0.1) is 0 Å². The summed E-state index contributed by atoms with van der Waals surface area (Å²) in [4.78, 5) is 4.72. The Balaban J connectivity index is 1.88. The SMILES string of the molecule is Cc1cc(-c2ccc(C#N)cc2)nc2cc3c(cc12)OCO3.